The van der Waals surface area contributed by atoms with Crippen molar-refractivity contribution in [1.29, 1.82) is 0 Å². The van der Waals surface area contributed by atoms with E-state index < -0.39 is 17.9 Å². The molecular formula is C33H31Cl2N5O4S. The molecule has 1 atom stereocenters. The molecule has 1 aromatic heterocycles. The predicted molar refractivity (Wildman–Crippen MR) is 181 cm³/mol. The summed E-state index contributed by atoms with van der Waals surface area (Å²) in [4.78, 5) is 25.6. The highest BCUT2D eigenvalue weighted by atomic mass is 35.5. The fourth-order valence-corrected chi connectivity index (χ4v) is 5.84. The molecule has 0 fully saturated rings. The molecule has 4 aromatic rings. The molecule has 0 saturated carbocycles. The Balaban J connectivity index is 1.30. The highest BCUT2D eigenvalue weighted by molar-refractivity contribution is 7.80. The fourth-order valence-electron chi connectivity index (χ4n) is 5.25. The average molecular weight is 665 g/mol. The number of amides is 1. The van der Waals surface area contributed by atoms with Gasteiger partial charge in [-0.15, -0.1) is 0 Å². The van der Waals surface area contributed by atoms with Gasteiger partial charge in [0.05, 0.1) is 34.5 Å². The first-order valence-corrected chi connectivity index (χ1v) is 15.3. The molecule has 0 aliphatic carbocycles. The second kappa shape index (κ2) is 14.2. The molecule has 12 heteroatoms. The van der Waals surface area contributed by atoms with Crippen molar-refractivity contribution in [3.8, 4) is 5.75 Å². The number of para-hydroxylation sites is 2. The molecule has 2 heterocycles. The monoisotopic (exact) mass is 663 g/mol. The van der Waals surface area contributed by atoms with Gasteiger partial charge in [-0.3, -0.25) is 4.79 Å². The number of hydrazone groups is 1. The molecule has 0 spiro atoms. The number of ether oxygens (including phenoxy) is 2. The highest BCUT2D eigenvalue weighted by Gasteiger charge is 2.32. The molecule has 0 radical (unpaired) electrons. The number of benzene rings is 3. The highest BCUT2D eigenvalue weighted by Crippen LogP contribution is 2.34. The zero-order valence-corrected chi connectivity index (χ0v) is 27.1. The molecule has 0 saturated heterocycles. The number of halogens is 2. The van der Waals surface area contributed by atoms with Crippen LogP contribution in [0.5, 0.6) is 5.75 Å². The van der Waals surface area contributed by atoms with Gasteiger partial charge >= 0.3 is 5.97 Å². The van der Waals surface area contributed by atoms with Crippen molar-refractivity contribution in [2.45, 2.75) is 33.4 Å². The fraction of sp³-hybridized carbons (Fsp3) is 0.212. The molecule has 0 bridgehead atoms. The lowest BCUT2D eigenvalue weighted by molar-refractivity contribution is -0.139. The molecule has 0 unspecified atom stereocenters. The summed E-state index contributed by atoms with van der Waals surface area (Å²) in [5.74, 6) is -0.517. The van der Waals surface area contributed by atoms with Crippen LogP contribution >= 0.6 is 35.4 Å². The SMILES string of the molecule is CCOC(=O)C1=C(C)NC(=S)N[C@H]1c1ccccc1OCC(=O)NN=Cc1c(C)n(Cc2ccc(Cl)c(Cl)c2)c2ccccc12. The minimum Gasteiger partial charge on any atom is -0.483 e. The Kier molecular flexibility index (Phi) is 10.1. The summed E-state index contributed by atoms with van der Waals surface area (Å²) in [6.07, 6.45) is 1.63. The number of nitrogens with one attached hydrogen (secondary N) is 3. The van der Waals surface area contributed by atoms with E-state index in [1.807, 2.05) is 49.4 Å². The van der Waals surface area contributed by atoms with E-state index in [2.05, 4.69) is 25.7 Å². The van der Waals surface area contributed by atoms with E-state index in [4.69, 9.17) is 44.9 Å². The van der Waals surface area contributed by atoms with E-state index in [-0.39, 0.29) is 13.2 Å². The lowest BCUT2D eigenvalue weighted by atomic mass is 9.95. The van der Waals surface area contributed by atoms with Crippen LogP contribution in [-0.4, -0.2) is 41.0 Å². The zero-order valence-electron chi connectivity index (χ0n) is 24.8. The van der Waals surface area contributed by atoms with Gasteiger partial charge in [0.2, 0.25) is 0 Å². The second-order valence-electron chi connectivity index (χ2n) is 10.3. The van der Waals surface area contributed by atoms with Crippen LogP contribution in [-0.2, 0) is 20.9 Å². The number of carbonyl (C=O) groups excluding carboxylic acids is 2. The number of fused-ring (bicyclic) bond motifs is 1. The maximum absolute atomic E-state index is 12.8. The lowest BCUT2D eigenvalue weighted by Crippen LogP contribution is -2.45. The van der Waals surface area contributed by atoms with E-state index in [0.717, 1.165) is 27.7 Å². The molecule has 1 aliphatic rings. The van der Waals surface area contributed by atoms with E-state index >= 15 is 0 Å². The van der Waals surface area contributed by atoms with Gasteiger partial charge in [0.1, 0.15) is 5.75 Å². The quantitative estimate of drug-likeness (QED) is 0.0804. The molecule has 1 aliphatic heterocycles. The third-order valence-corrected chi connectivity index (χ3v) is 8.30. The molecule has 232 valence electrons. The second-order valence-corrected chi connectivity index (χ2v) is 11.5. The normalized spacial score (nSPS) is 14.8. The van der Waals surface area contributed by atoms with Crippen LogP contribution < -0.4 is 20.8 Å². The zero-order chi connectivity index (χ0) is 32.1. The maximum atomic E-state index is 12.8. The van der Waals surface area contributed by atoms with Crippen molar-refractivity contribution in [2.75, 3.05) is 13.2 Å². The smallest absolute Gasteiger partial charge is 0.338 e. The van der Waals surface area contributed by atoms with E-state index in [9.17, 15) is 9.59 Å². The Morgan fingerprint density at radius 1 is 1.07 bits per heavy atom. The first-order chi connectivity index (χ1) is 21.7. The van der Waals surface area contributed by atoms with Crippen LogP contribution in [0.4, 0.5) is 0 Å². The minimum atomic E-state index is -0.626. The maximum Gasteiger partial charge on any atom is 0.338 e. The first-order valence-electron chi connectivity index (χ1n) is 14.2. The number of allylic oxidation sites excluding steroid dienone is 1. The van der Waals surface area contributed by atoms with Gasteiger partial charge in [0.25, 0.3) is 5.91 Å². The third-order valence-electron chi connectivity index (χ3n) is 7.34. The number of carbonyl (C=O) groups is 2. The number of hydrogen-bond donors (Lipinski definition) is 3. The van der Waals surface area contributed by atoms with Crippen molar-refractivity contribution in [2.24, 2.45) is 5.10 Å². The average Bonchev–Trinajstić information content (AvgIpc) is 3.27. The van der Waals surface area contributed by atoms with Crippen LogP contribution in [0.3, 0.4) is 0 Å². The minimum absolute atomic E-state index is 0.225. The topological polar surface area (TPSA) is 106 Å². The Bertz CT molecular complexity index is 1850. The van der Waals surface area contributed by atoms with Crippen LogP contribution in [0, 0.1) is 6.92 Å². The van der Waals surface area contributed by atoms with Crippen LogP contribution in [0.15, 0.2) is 83.1 Å². The lowest BCUT2D eigenvalue weighted by Gasteiger charge is -2.30. The number of nitrogens with zero attached hydrogens (tertiary/aromatic N) is 2. The summed E-state index contributed by atoms with van der Waals surface area (Å²) in [6.45, 7) is 6.00. The number of rotatable bonds is 10. The third kappa shape index (κ3) is 7.14. The summed E-state index contributed by atoms with van der Waals surface area (Å²) in [7, 11) is 0. The Morgan fingerprint density at radius 2 is 1.82 bits per heavy atom. The molecule has 45 heavy (non-hydrogen) atoms. The molecule has 3 N–H and O–H groups in total. The summed E-state index contributed by atoms with van der Waals surface area (Å²) in [6, 6.07) is 20.1. The van der Waals surface area contributed by atoms with E-state index in [1.54, 1.807) is 44.3 Å². The standard InChI is InChI=1S/C33H31Cl2N5O4S/c1-4-43-32(42)30-19(2)37-33(45)38-31(30)23-10-6-8-12-28(23)44-18-29(41)39-36-16-24-20(3)40(27-11-7-5-9-22(24)27)17-21-13-14-25(34)26(35)15-21/h5-16,31H,4,17-18H2,1-3H3,(H,39,41)(H2,37,38,45)/t31-/m0/s1. The van der Waals surface area contributed by atoms with Crippen LogP contribution in [0.2, 0.25) is 10.0 Å². The molecule has 1 amide bonds. The number of esters is 1. The summed E-state index contributed by atoms with van der Waals surface area (Å²) < 4.78 is 13.4. The van der Waals surface area contributed by atoms with Gasteiger partial charge in [-0.25, -0.2) is 10.2 Å². The van der Waals surface area contributed by atoms with Crippen LogP contribution in [0.1, 0.15) is 42.3 Å². The van der Waals surface area contributed by atoms with Crippen LogP contribution in [0.25, 0.3) is 10.9 Å². The predicted octanol–water partition coefficient (Wildman–Crippen LogP) is 6.19. The van der Waals surface area contributed by atoms with E-state index in [1.165, 1.54) is 0 Å². The van der Waals surface area contributed by atoms with Gasteiger partial charge in [0.15, 0.2) is 11.7 Å². The first kappa shape index (κ1) is 32.0. The van der Waals surface area contributed by atoms with Crippen molar-refractivity contribution < 1.29 is 19.1 Å². The van der Waals surface area contributed by atoms with Gasteiger partial charge < -0.3 is 24.7 Å². The van der Waals surface area contributed by atoms with Crippen molar-refractivity contribution in [1.82, 2.24) is 20.6 Å². The van der Waals surface area contributed by atoms with Gasteiger partial charge in [-0.2, -0.15) is 5.10 Å². The number of thiocarbonyl (C=S) groups is 1. The van der Waals surface area contributed by atoms with Crippen molar-refractivity contribution in [3.63, 3.8) is 0 Å². The number of hydrogen-bond acceptors (Lipinski definition) is 6. The Labute approximate surface area is 276 Å². The number of aromatic nitrogens is 1. The molecule has 5 rings (SSSR count). The molecule has 9 nitrogen and oxygen atoms in total. The van der Waals surface area contributed by atoms with Crippen molar-refractivity contribution in [3.05, 3.63) is 110 Å². The Hall–Kier alpha value is -4.38. The van der Waals surface area contributed by atoms with Gasteiger partial charge in [0, 0.05) is 40.0 Å². The summed E-state index contributed by atoms with van der Waals surface area (Å²) >= 11 is 17.7. The van der Waals surface area contributed by atoms with E-state index in [0.29, 0.717) is 44.3 Å². The largest absolute Gasteiger partial charge is 0.483 e. The Morgan fingerprint density at radius 3 is 2.60 bits per heavy atom. The van der Waals surface area contributed by atoms with Crippen molar-refractivity contribution >= 4 is 69.5 Å². The van der Waals surface area contributed by atoms with Gasteiger partial charge in [-0.05, 0) is 62.8 Å². The molecular weight excluding hydrogens is 633 g/mol. The summed E-state index contributed by atoms with van der Waals surface area (Å²) in [5, 5.41) is 12.7. The van der Waals surface area contributed by atoms with Gasteiger partial charge in [-0.1, -0.05) is 65.7 Å². The summed E-state index contributed by atoms with van der Waals surface area (Å²) in [5.41, 5.74) is 8.02. The molecule has 3 aromatic carbocycles.